The van der Waals surface area contributed by atoms with Gasteiger partial charge in [-0.2, -0.15) is 4.31 Å². The van der Waals surface area contributed by atoms with Crippen molar-refractivity contribution in [2.24, 2.45) is 0 Å². The van der Waals surface area contributed by atoms with Gasteiger partial charge in [-0.3, -0.25) is 4.79 Å². The van der Waals surface area contributed by atoms with Crippen LogP contribution in [0.25, 0.3) is 10.8 Å². The van der Waals surface area contributed by atoms with Crippen LogP contribution in [0, 0.1) is 0 Å². The number of sulfonamides is 1. The molecule has 122 valence electrons. The number of fused-ring (bicyclic) bond motifs is 1. The average Bonchev–Trinajstić information content (AvgIpc) is 2.54. The molecule has 0 aromatic heterocycles. The van der Waals surface area contributed by atoms with Crippen molar-refractivity contribution in [3.8, 4) is 0 Å². The van der Waals surface area contributed by atoms with E-state index in [9.17, 15) is 13.2 Å². The Morgan fingerprint density at radius 3 is 2.22 bits per heavy atom. The molecule has 1 fully saturated rings. The molecule has 0 saturated carbocycles. The molecule has 1 aliphatic rings. The smallest absolute Gasteiger partial charge is 0.243 e. The van der Waals surface area contributed by atoms with Crippen molar-refractivity contribution < 1.29 is 13.2 Å². The number of rotatable bonds is 3. The predicted octanol–water partition coefficient (Wildman–Crippen LogP) is 2.26. The third-order valence-electron chi connectivity index (χ3n) is 4.24. The van der Waals surface area contributed by atoms with E-state index in [4.69, 9.17) is 0 Å². The maximum atomic E-state index is 13.0. The van der Waals surface area contributed by atoms with Crippen molar-refractivity contribution in [3.05, 3.63) is 36.4 Å². The summed E-state index contributed by atoms with van der Waals surface area (Å²) < 4.78 is 27.4. The summed E-state index contributed by atoms with van der Waals surface area (Å²) in [5, 5.41) is 1.63. The molecule has 0 N–H and O–H groups in total. The topological polar surface area (TPSA) is 57.7 Å². The second kappa shape index (κ2) is 5.94. The molecule has 0 radical (unpaired) electrons. The van der Waals surface area contributed by atoms with E-state index < -0.39 is 10.0 Å². The van der Waals surface area contributed by atoms with E-state index in [1.165, 1.54) is 4.31 Å². The van der Waals surface area contributed by atoms with Gasteiger partial charge in [0.25, 0.3) is 0 Å². The third kappa shape index (κ3) is 2.84. The van der Waals surface area contributed by atoms with Gasteiger partial charge in [0.2, 0.25) is 10.0 Å². The molecule has 1 saturated heterocycles. The summed E-state index contributed by atoms with van der Waals surface area (Å²) in [7, 11) is 0.281. The Morgan fingerprint density at radius 2 is 1.57 bits per heavy atom. The lowest BCUT2D eigenvalue weighted by Crippen LogP contribution is -2.38. The monoisotopic (exact) mass is 332 g/mol. The minimum Gasteiger partial charge on any atom is -0.377 e. The van der Waals surface area contributed by atoms with Gasteiger partial charge in [0.15, 0.2) is 0 Å². The van der Waals surface area contributed by atoms with Crippen LogP contribution in [0.1, 0.15) is 12.8 Å². The van der Waals surface area contributed by atoms with Gasteiger partial charge < -0.3 is 4.90 Å². The van der Waals surface area contributed by atoms with E-state index >= 15 is 0 Å². The Balaban J connectivity index is 2.13. The van der Waals surface area contributed by atoms with Crippen molar-refractivity contribution in [2.45, 2.75) is 17.7 Å². The van der Waals surface area contributed by atoms with Crippen LogP contribution in [-0.2, 0) is 14.8 Å². The molecule has 0 atom stereocenters. The molecule has 2 aromatic carbocycles. The van der Waals surface area contributed by atoms with Gasteiger partial charge in [0.05, 0.1) is 4.90 Å². The van der Waals surface area contributed by atoms with E-state index in [1.54, 1.807) is 12.1 Å². The number of Topliss-reactive ketones (excluding diaryl/α,β-unsaturated/α-hetero) is 1. The lowest BCUT2D eigenvalue weighted by atomic mass is 10.1. The number of hydrogen-bond donors (Lipinski definition) is 0. The van der Waals surface area contributed by atoms with E-state index in [2.05, 4.69) is 0 Å². The molecular weight excluding hydrogens is 312 g/mol. The summed E-state index contributed by atoms with van der Waals surface area (Å²) in [5.41, 5.74) is 0.980. The van der Waals surface area contributed by atoms with Gasteiger partial charge >= 0.3 is 0 Å². The fourth-order valence-electron chi connectivity index (χ4n) is 2.99. The number of carbonyl (C=O) groups is 1. The molecule has 0 bridgehead atoms. The van der Waals surface area contributed by atoms with E-state index in [1.807, 2.05) is 43.3 Å². The standard InChI is InChI=1S/C17H20N2O3S/c1-18(2)16-7-3-6-15-14(16)5-4-8-17(15)23(21,22)19-11-9-13(20)10-12-19/h3-8H,9-12H2,1-2H3. The Hall–Kier alpha value is -1.92. The van der Waals surface area contributed by atoms with Crippen LogP contribution in [0.15, 0.2) is 41.3 Å². The van der Waals surface area contributed by atoms with Crippen LogP contribution in [0.2, 0.25) is 0 Å². The average molecular weight is 332 g/mol. The fourth-order valence-corrected chi connectivity index (χ4v) is 4.64. The molecule has 0 aliphatic carbocycles. The molecule has 0 unspecified atom stereocenters. The van der Waals surface area contributed by atoms with Gasteiger partial charge in [0, 0.05) is 56.5 Å². The van der Waals surface area contributed by atoms with Gasteiger partial charge in [0.1, 0.15) is 5.78 Å². The van der Waals surface area contributed by atoms with Gasteiger partial charge in [-0.1, -0.05) is 24.3 Å². The zero-order valence-electron chi connectivity index (χ0n) is 13.3. The molecule has 1 aliphatic heterocycles. The lowest BCUT2D eigenvalue weighted by Gasteiger charge is -2.26. The van der Waals surface area contributed by atoms with Crippen molar-refractivity contribution >= 4 is 32.3 Å². The Kier molecular flexibility index (Phi) is 4.12. The highest BCUT2D eigenvalue weighted by atomic mass is 32.2. The van der Waals surface area contributed by atoms with E-state index in [0.29, 0.717) is 17.7 Å². The van der Waals surface area contributed by atoms with Crippen LogP contribution in [0.4, 0.5) is 5.69 Å². The normalized spacial score (nSPS) is 16.7. The molecule has 1 heterocycles. The zero-order valence-corrected chi connectivity index (χ0v) is 14.1. The molecule has 23 heavy (non-hydrogen) atoms. The number of hydrogen-bond acceptors (Lipinski definition) is 4. The Bertz CT molecular complexity index is 849. The van der Waals surface area contributed by atoms with Crippen molar-refractivity contribution in [2.75, 3.05) is 32.1 Å². The predicted molar refractivity (Wildman–Crippen MR) is 91.3 cm³/mol. The number of ketones is 1. The first-order valence-corrected chi connectivity index (χ1v) is 9.06. The second-order valence-electron chi connectivity index (χ2n) is 5.97. The summed E-state index contributed by atoms with van der Waals surface area (Å²) in [6.07, 6.45) is 0.597. The van der Waals surface area contributed by atoms with Gasteiger partial charge in [-0.05, 0) is 12.1 Å². The van der Waals surface area contributed by atoms with Crippen molar-refractivity contribution in [3.63, 3.8) is 0 Å². The number of carbonyl (C=O) groups excluding carboxylic acids is 1. The van der Waals surface area contributed by atoms with Crippen molar-refractivity contribution in [1.82, 2.24) is 4.31 Å². The van der Waals surface area contributed by atoms with Gasteiger partial charge in [-0.15, -0.1) is 0 Å². The summed E-state index contributed by atoms with van der Waals surface area (Å²) in [6, 6.07) is 11.0. The van der Waals surface area contributed by atoms with Gasteiger partial charge in [-0.25, -0.2) is 8.42 Å². The number of anilines is 1. The number of nitrogens with zero attached hydrogens (tertiary/aromatic N) is 2. The molecular formula is C17H20N2O3S. The molecule has 3 rings (SSSR count). The van der Waals surface area contributed by atoms with E-state index in [-0.39, 0.29) is 18.9 Å². The quantitative estimate of drug-likeness (QED) is 0.865. The maximum Gasteiger partial charge on any atom is 0.243 e. The third-order valence-corrected chi connectivity index (χ3v) is 6.20. The second-order valence-corrected chi connectivity index (χ2v) is 7.87. The summed E-state index contributed by atoms with van der Waals surface area (Å²) in [6.45, 7) is 0.538. The van der Waals surface area contributed by atoms with E-state index in [0.717, 1.165) is 16.5 Å². The number of benzene rings is 2. The first-order valence-electron chi connectivity index (χ1n) is 7.62. The SMILES string of the molecule is CN(C)c1cccc2c(S(=O)(=O)N3CCC(=O)CC3)cccc12. The highest BCUT2D eigenvalue weighted by Crippen LogP contribution is 2.32. The first kappa shape index (κ1) is 16.0. The largest absolute Gasteiger partial charge is 0.377 e. The lowest BCUT2D eigenvalue weighted by molar-refractivity contribution is -0.120. The molecule has 5 nitrogen and oxygen atoms in total. The molecule has 6 heteroatoms. The summed E-state index contributed by atoms with van der Waals surface area (Å²) in [4.78, 5) is 13.7. The molecule has 0 spiro atoms. The summed E-state index contributed by atoms with van der Waals surface area (Å²) >= 11 is 0. The first-order chi connectivity index (χ1) is 10.9. The highest BCUT2D eigenvalue weighted by molar-refractivity contribution is 7.89. The molecule has 2 aromatic rings. The van der Waals surface area contributed by atoms with Crippen LogP contribution < -0.4 is 4.90 Å². The zero-order chi connectivity index (χ0) is 16.6. The fraction of sp³-hybridized carbons (Fsp3) is 0.353. The summed E-state index contributed by atoms with van der Waals surface area (Å²) in [5.74, 6) is 0.129. The Labute approximate surface area is 136 Å². The van der Waals surface area contributed by atoms with Crippen molar-refractivity contribution in [1.29, 1.82) is 0 Å². The Morgan fingerprint density at radius 1 is 0.957 bits per heavy atom. The number of piperidine rings is 1. The minimum atomic E-state index is -3.59. The van der Waals surface area contributed by atoms with Crippen LogP contribution in [0.3, 0.4) is 0 Å². The van der Waals surface area contributed by atoms with Crippen LogP contribution >= 0.6 is 0 Å². The highest BCUT2D eigenvalue weighted by Gasteiger charge is 2.29. The molecule has 0 amide bonds. The van der Waals surface area contributed by atoms with Crippen LogP contribution in [0.5, 0.6) is 0 Å². The maximum absolute atomic E-state index is 13.0. The van der Waals surface area contributed by atoms with Crippen LogP contribution in [-0.4, -0.2) is 45.7 Å². The minimum absolute atomic E-state index is 0.129.